The Morgan fingerprint density at radius 2 is 1.83 bits per heavy atom. The highest BCUT2D eigenvalue weighted by atomic mass is 16.5. The number of carbonyl (C=O) groups excluding carboxylic acids is 1. The maximum absolute atomic E-state index is 13.3. The molecule has 210 valence electrons. The lowest BCUT2D eigenvalue weighted by atomic mass is 9.86. The fraction of sp³-hybridized carbons (Fsp3) is 0.375. The first-order valence-corrected chi connectivity index (χ1v) is 14.3. The number of likely N-dealkylation sites (tertiary alicyclic amines) is 1. The molecular formula is C32H34N6O3. The molecule has 2 aliphatic heterocycles. The van der Waals surface area contributed by atoms with Gasteiger partial charge in [0.2, 0.25) is 0 Å². The van der Waals surface area contributed by atoms with E-state index < -0.39 is 5.60 Å². The molecule has 9 heteroatoms. The summed E-state index contributed by atoms with van der Waals surface area (Å²) in [5.74, 6) is 0.301. The third-order valence-corrected chi connectivity index (χ3v) is 8.64. The van der Waals surface area contributed by atoms with Crippen LogP contribution in [0.1, 0.15) is 47.4 Å². The van der Waals surface area contributed by atoms with Gasteiger partial charge in [0, 0.05) is 43.0 Å². The second-order valence-electron chi connectivity index (χ2n) is 11.8. The number of fused-ring (bicyclic) bond motifs is 3. The molecule has 7 rings (SSSR count). The van der Waals surface area contributed by atoms with Gasteiger partial charge in [0.25, 0.3) is 5.91 Å². The van der Waals surface area contributed by atoms with E-state index in [1.807, 2.05) is 32.3 Å². The summed E-state index contributed by atoms with van der Waals surface area (Å²) in [6, 6.07) is 18.9. The molecule has 3 aromatic heterocycles. The molecule has 1 unspecified atom stereocenters. The summed E-state index contributed by atoms with van der Waals surface area (Å²) in [6.07, 6.45) is 3.80. The largest absolute Gasteiger partial charge is 0.386 e. The van der Waals surface area contributed by atoms with Crippen LogP contribution < -0.4 is 0 Å². The lowest BCUT2D eigenvalue weighted by Gasteiger charge is -2.44. The van der Waals surface area contributed by atoms with Crippen LogP contribution in [0.5, 0.6) is 0 Å². The summed E-state index contributed by atoms with van der Waals surface area (Å²) in [6.45, 7) is 5.88. The number of aryl methyl sites for hydroxylation is 2. The molecule has 0 spiro atoms. The number of hydrogen-bond acceptors (Lipinski definition) is 6. The minimum absolute atomic E-state index is 0.0648. The minimum atomic E-state index is -0.820. The van der Waals surface area contributed by atoms with Crippen molar-refractivity contribution < 1.29 is 14.6 Å². The SMILES string of the molecule is Cc1nnn(C)c1-c1cnc2c3cc(C(=O)N4CC(C)(O)C4)ccc3n(C(c3ccccc3)C3CCOCC3)c2c1. The van der Waals surface area contributed by atoms with Crippen LogP contribution in [-0.2, 0) is 11.8 Å². The van der Waals surface area contributed by atoms with Crippen molar-refractivity contribution in [2.24, 2.45) is 13.0 Å². The van der Waals surface area contributed by atoms with Crippen LogP contribution in [0.25, 0.3) is 33.2 Å². The first-order chi connectivity index (χ1) is 19.8. The maximum atomic E-state index is 13.3. The number of benzene rings is 2. The first-order valence-electron chi connectivity index (χ1n) is 14.3. The Hall–Kier alpha value is -4.08. The van der Waals surface area contributed by atoms with Crippen molar-refractivity contribution in [2.75, 3.05) is 26.3 Å². The van der Waals surface area contributed by atoms with Gasteiger partial charge in [-0.25, -0.2) is 4.68 Å². The summed E-state index contributed by atoms with van der Waals surface area (Å²) >= 11 is 0. The van der Waals surface area contributed by atoms with Crippen LogP contribution in [0, 0.1) is 12.8 Å². The van der Waals surface area contributed by atoms with Crippen LogP contribution in [0.3, 0.4) is 0 Å². The number of hydrogen-bond donors (Lipinski definition) is 1. The van der Waals surface area contributed by atoms with Crippen molar-refractivity contribution in [3.05, 3.63) is 77.6 Å². The van der Waals surface area contributed by atoms with E-state index in [9.17, 15) is 9.90 Å². The number of amides is 1. The van der Waals surface area contributed by atoms with E-state index in [1.165, 1.54) is 5.56 Å². The van der Waals surface area contributed by atoms with Crippen molar-refractivity contribution in [2.45, 2.75) is 38.3 Å². The lowest BCUT2D eigenvalue weighted by molar-refractivity contribution is -0.0668. The lowest BCUT2D eigenvalue weighted by Crippen LogP contribution is -2.61. The number of aromatic nitrogens is 5. The van der Waals surface area contributed by atoms with Crippen molar-refractivity contribution >= 4 is 27.8 Å². The highest BCUT2D eigenvalue weighted by Gasteiger charge is 2.40. The molecule has 0 radical (unpaired) electrons. The Morgan fingerprint density at radius 3 is 2.51 bits per heavy atom. The van der Waals surface area contributed by atoms with Gasteiger partial charge in [0.05, 0.1) is 52.7 Å². The molecule has 1 N–H and O–H groups in total. The molecular weight excluding hydrogens is 516 g/mol. The minimum Gasteiger partial charge on any atom is -0.386 e. The second kappa shape index (κ2) is 9.78. The average Bonchev–Trinajstić information content (AvgIpc) is 3.47. The molecule has 2 aromatic carbocycles. The predicted molar refractivity (Wildman–Crippen MR) is 157 cm³/mol. The fourth-order valence-electron chi connectivity index (χ4n) is 6.74. The highest BCUT2D eigenvalue weighted by molar-refractivity contribution is 6.09. The number of aliphatic hydroxyl groups is 1. The zero-order chi connectivity index (χ0) is 28.3. The zero-order valence-electron chi connectivity index (χ0n) is 23.6. The maximum Gasteiger partial charge on any atom is 0.254 e. The van der Waals surface area contributed by atoms with Crippen molar-refractivity contribution in [1.82, 2.24) is 29.4 Å². The molecule has 2 saturated heterocycles. The van der Waals surface area contributed by atoms with E-state index >= 15 is 0 Å². The third-order valence-electron chi connectivity index (χ3n) is 8.64. The summed E-state index contributed by atoms with van der Waals surface area (Å²) in [5.41, 5.74) is 6.65. The van der Waals surface area contributed by atoms with Crippen LogP contribution in [0.15, 0.2) is 60.8 Å². The summed E-state index contributed by atoms with van der Waals surface area (Å²) in [4.78, 5) is 20.1. The number of rotatable bonds is 5. The van der Waals surface area contributed by atoms with Gasteiger partial charge in [0.1, 0.15) is 0 Å². The average molecular weight is 551 g/mol. The van der Waals surface area contributed by atoms with E-state index in [1.54, 1.807) is 16.5 Å². The monoisotopic (exact) mass is 550 g/mol. The number of ether oxygens (including phenoxy) is 1. The van der Waals surface area contributed by atoms with Gasteiger partial charge in [0.15, 0.2) is 0 Å². The second-order valence-corrected chi connectivity index (χ2v) is 11.8. The van der Waals surface area contributed by atoms with Crippen LogP contribution in [0.2, 0.25) is 0 Å². The van der Waals surface area contributed by atoms with Gasteiger partial charge in [-0.05, 0) is 62.4 Å². The van der Waals surface area contributed by atoms with Crippen LogP contribution in [0.4, 0.5) is 0 Å². The van der Waals surface area contributed by atoms with Gasteiger partial charge in [-0.3, -0.25) is 9.78 Å². The third kappa shape index (κ3) is 4.40. The van der Waals surface area contributed by atoms with E-state index in [0.717, 1.165) is 64.9 Å². The molecule has 1 amide bonds. The topological polar surface area (TPSA) is 98.3 Å². The standard InChI is InChI=1S/C32H34N6O3/c1-20-29(36(3)35-34-20)24-16-27-28(33-17-24)25-15-23(31(39)37-18-32(2,40)19-37)9-10-26(25)38(27)30(21-7-5-4-6-8-21)22-11-13-41-14-12-22/h4-10,15-17,22,30,40H,11-14,18-19H2,1-3H3. The van der Waals surface area contributed by atoms with Gasteiger partial charge < -0.3 is 19.3 Å². The molecule has 0 bridgehead atoms. The normalized spacial score (nSPS) is 18.1. The zero-order valence-corrected chi connectivity index (χ0v) is 23.6. The molecule has 5 aromatic rings. The molecule has 41 heavy (non-hydrogen) atoms. The molecule has 1 atom stereocenters. The summed E-state index contributed by atoms with van der Waals surface area (Å²) < 4.78 is 9.98. The highest BCUT2D eigenvalue weighted by Crippen LogP contribution is 2.41. The molecule has 9 nitrogen and oxygen atoms in total. The molecule has 0 saturated carbocycles. The molecule has 5 heterocycles. The Bertz CT molecular complexity index is 1740. The number of carbonyl (C=O) groups is 1. The van der Waals surface area contributed by atoms with Crippen molar-refractivity contribution in [3.8, 4) is 11.3 Å². The fourth-order valence-corrected chi connectivity index (χ4v) is 6.74. The summed E-state index contributed by atoms with van der Waals surface area (Å²) in [5, 5.41) is 19.6. The quantitative estimate of drug-likeness (QED) is 0.346. The van der Waals surface area contributed by atoms with E-state index in [4.69, 9.17) is 9.72 Å². The van der Waals surface area contributed by atoms with Crippen molar-refractivity contribution in [1.29, 1.82) is 0 Å². The van der Waals surface area contributed by atoms with Gasteiger partial charge >= 0.3 is 0 Å². The molecule has 0 aliphatic carbocycles. The van der Waals surface area contributed by atoms with Gasteiger partial charge in [-0.15, -0.1) is 5.10 Å². The van der Waals surface area contributed by atoms with Crippen molar-refractivity contribution in [3.63, 3.8) is 0 Å². The Labute approximate surface area is 238 Å². The summed E-state index contributed by atoms with van der Waals surface area (Å²) in [7, 11) is 1.90. The number of pyridine rings is 1. The molecule has 2 aliphatic rings. The van der Waals surface area contributed by atoms with Crippen LogP contribution >= 0.6 is 0 Å². The van der Waals surface area contributed by atoms with E-state index in [0.29, 0.717) is 24.6 Å². The Kier molecular flexibility index (Phi) is 6.17. The van der Waals surface area contributed by atoms with Gasteiger partial charge in [-0.1, -0.05) is 35.5 Å². The Balaban J connectivity index is 1.46. The number of β-amino-alcohol motifs (C(OH)–C–C–N with tert-alkyl or cyclic N) is 1. The van der Waals surface area contributed by atoms with E-state index in [2.05, 4.69) is 57.3 Å². The first kappa shape index (κ1) is 25.9. The Morgan fingerprint density at radius 1 is 1.07 bits per heavy atom. The predicted octanol–water partition coefficient (Wildman–Crippen LogP) is 4.52. The van der Waals surface area contributed by atoms with Crippen LogP contribution in [-0.4, -0.2) is 72.4 Å². The van der Waals surface area contributed by atoms with E-state index in [-0.39, 0.29) is 11.9 Å². The van der Waals surface area contributed by atoms with Gasteiger partial charge in [-0.2, -0.15) is 0 Å². The molecule has 2 fully saturated rings. The number of nitrogens with zero attached hydrogens (tertiary/aromatic N) is 6. The smallest absolute Gasteiger partial charge is 0.254 e.